The lowest BCUT2D eigenvalue weighted by Gasteiger charge is -2.37. The van der Waals surface area contributed by atoms with E-state index in [1.54, 1.807) is 14.2 Å². The van der Waals surface area contributed by atoms with Gasteiger partial charge in [-0.1, -0.05) is 54.6 Å². The van der Waals surface area contributed by atoms with Crippen LogP contribution in [0.25, 0.3) is 11.2 Å². The van der Waals surface area contributed by atoms with Crippen LogP contribution in [0.15, 0.2) is 90.0 Å². The first-order chi connectivity index (χ1) is 22.8. The van der Waals surface area contributed by atoms with Crippen molar-refractivity contribution in [2.24, 2.45) is 0 Å². The Morgan fingerprint density at radius 1 is 0.957 bits per heavy atom. The zero-order valence-corrected chi connectivity index (χ0v) is 26.2. The quantitative estimate of drug-likeness (QED) is 0.183. The summed E-state index contributed by atoms with van der Waals surface area (Å²) in [6, 6.07) is 25.0. The highest BCUT2D eigenvalue weighted by Gasteiger charge is 2.48. The summed E-state index contributed by atoms with van der Waals surface area (Å²) in [5.74, 6) is 0.921. The van der Waals surface area contributed by atoms with Crippen molar-refractivity contribution >= 4 is 23.0 Å². The maximum absolute atomic E-state index is 12.7. The number of amides is 1. The molecule has 3 heterocycles. The number of rotatable bonds is 11. The van der Waals surface area contributed by atoms with Gasteiger partial charge in [-0.3, -0.25) is 24.5 Å². The summed E-state index contributed by atoms with van der Waals surface area (Å²) in [6.07, 6.45) is -2.43. The van der Waals surface area contributed by atoms with Crippen molar-refractivity contribution in [2.75, 3.05) is 33.3 Å². The largest absolute Gasteiger partial charge is 0.497 e. The number of nitrogens with zero attached hydrogens (tertiary/aromatic N) is 3. The fourth-order valence-corrected chi connectivity index (χ4v) is 5.95. The van der Waals surface area contributed by atoms with Crippen molar-refractivity contribution in [1.29, 1.82) is 0 Å². The number of imidazole rings is 1. The SMILES string of the molecule is COc1ccc(C(OC[C@H]2O[C@@H](n3cnc4c(=O)[nH]c(NC(C)=O)nc43)[C@H](OC)[C@@H]2O)(c2ccccc2)c2ccc(OC)cc2)cc1. The van der Waals surface area contributed by atoms with Crippen LogP contribution in [0.4, 0.5) is 5.95 Å². The molecule has 3 aromatic carbocycles. The molecule has 244 valence electrons. The molecule has 1 amide bonds. The van der Waals surface area contributed by atoms with Crippen LogP contribution in [-0.4, -0.2) is 76.8 Å². The molecule has 6 rings (SSSR count). The second kappa shape index (κ2) is 13.3. The van der Waals surface area contributed by atoms with E-state index >= 15 is 0 Å². The molecule has 0 radical (unpaired) electrons. The number of fused-ring (bicyclic) bond motifs is 1. The normalized spacial score (nSPS) is 19.5. The standard InChI is InChI=1S/C34H35N5O8/c1-20(40)36-33-37-30-27(31(42)38-33)35-19-39(30)32-29(45-4)28(41)26(47-32)18-46-34(21-8-6-5-7-9-21,22-10-14-24(43-2)15-11-22)23-12-16-25(44-3)17-13-23/h5-17,19,26,28-29,32,41H,18H2,1-4H3,(H2,36,37,38,40,42)/t26-,28-,29-,32-/m1/s1. The van der Waals surface area contributed by atoms with Gasteiger partial charge in [-0.15, -0.1) is 0 Å². The number of ether oxygens (including phenoxy) is 5. The van der Waals surface area contributed by atoms with Crippen molar-refractivity contribution < 1.29 is 33.6 Å². The van der Waals surface area contributed by atoms with Crippen LogP contribution in [0, 0.1) is 0 Å². The van der Waals surface area contributed by atoms with Crippen LogP contribution in [0.2, 0.25) is 0 Å². The predicted molar refractivity (Wildman–Crippen MR) is 171 cm³/mol. The molecule has 1 aliphatic heterocycles. The monoisotopic (exact) mass is 641 g/mol. The minimum absolute atomic E-state index is 0.0360. The van der Waals surface area contributed by atoms with Gasteiger partial charge in [-0.05, 0) is 41.0 Å². The lowest BCUT2D eigenvalue weighted by atomic mass is 9.80. The van der Waals surface area contributed by atoms with E-state index in [1.807, 2.05) is 78.9 Å². The van der Waals surface area contributed by atoms with Gasteiger partial charge in [0.15, 0.2) is 17.4 Å². The number of carbonyl (C=O) groups excluding carboxylic acids is 1. The summed E-state index contributed by atoms with van der Waals surface area (Å²) < 4.78 is 31.4. The molecule has 1 saturated heterocycles. The zero-order valence-electron chi connectivity index (χ0n) is 26.2. The Labute approximate surface area is 270 Å². The van der Waals surface area contributed by atoms with Gasteiger partial charge in [0.05, 0.1) is 27.2 Å². The topological polar surface area (TPSA) is 159 Å². The molecule has 4 atom stereocenters. The first kappa shape index (κ1) is 31.9. The number of carbonyl (C=O) groups is 1. The third-order valence-corrected chi connectivity index (χ3v) is 8.22. The van der Waals surface area contributed by atoms with Crippen LogP contribution < -0.4 is 20.3 Å². The summed E-state index contributed by atoms with van der Waals surface area (Å²) in [6.45, 7) is 1.24. The average Bonchev–Trinajstić information content (AvgIpc) is 3.66. The smallest absolute Gasteiger partial charge is 0.280 e. The molecule has 0 saturated carbocycles. The first-order valence-electron chi connectivity index (χ1n) is 14.9. The minimum atomic E-state index is -1.15. The Morgan fingerprint density at radius 3 is 2.11 bits per heavy atom. The van der Waals surface area contributed by atoms with E-state index in [1.165, 1.54) is 24.9 Å². The number of benzene rings is 3. The number of hydrogen-bond acceptors (Lipinski definition) is 10. The summed E-state index contributed by atoms with van der Waals surface area (Å²) in [5, 5.41) is 14.0. The van der Waals surface area contributed by atoms with E-state index in [0.29, 0.717) is 11.5 Å². The summed E-state index contributed by atoms with van der Waals surface area (Å²) in [4.78, 5) is 35.4. The molecule has 13 heteroatoms. The molecular formula is C34H35N5O8. The predicted octanol–water partition coefficient (Wildman–Crippen LogP) is 3.38. The Bertz CT molecular complexity index is 1850. The van der Waals surface area contributed by atoms with Crippen LogP contribution in [0.1, 0.15) is 29.8 Å². The van der Waals surface area contributed by atoms with Crippen LogP contribution in [-0.2, 0) is 24.6 Å². The lowest BCUT2D eigenvalue weighted by Crippen LogP contribution is -2.40. The molecule has 3 N–H and O–H groups in total. The van der Waals surface area contributed by atoms with Gasteiger partial charge in [-0.2, -0.15) is 4.98 Å². The minimum Gasteiger partial charge on any atom is -0.497 e. The molecule has 0 aliphatic carbocycles. The number of nitrogens with one attached hydrogen (secondary N) is 2. The first-order valence-corrected chi connectivity index (χ1v) is 14.9. The second-order valence-electron chi connectivity index (χ2n) is 11.0. The van der Waals surface area contributed by atoms with E-state index in [2.05, 4.69) is 20.3 Å². The maximum Gasteiger partial charge on any atom is 0.280 e. The highest BCUT2D eigenvalue weighted by molar-refractivity contribution is 5.87. The Kier molecular flexibility index (Phi) is 9.05. The van der Waals surface area contributed by atoms with Gasteiger partial charge in [0.1, 0.15) is 35.4 Å². The fourth-order valence-electron chi connectivity index (χ4n) is 5.95. The Morgan fingerprint density at radius 2 is 1.55 bits per heavy atom. The van der Waals surface area contributed by atoms with Crippen molar-refractivity contribution in [3.05, 3.63) is 112 Å². The average molecular weight is 642 g/mol. The lowest BCUT2D eigenvalue weighted by molar-refractivity contribution is -0.114. The van der Waals surface area contributed by atoms with E-state index in [-0.39, 0.29) is 23.7 Å². The molecule has 2 aromatic heterocycles. The molecule has 13 nitrogen and oxygen atoms in total. The number of aromatic amines is 1. The number of anilines is 1. The zero-order chi connectivity index (χ0) is 33.1. The third kappa shape index (κ3) is 5.97. The van der Waals surface area contributed by atoms with Gasteiger partial charge in [0.2, 0.25) is 11.9 Å². The van der Waals surface area contributed by atoms with Gasteiger partial charge < -0.3 is 28.8 Å². The van der Waals surface area contributed by atoms with E-state index < -0.39 is 41.6 Å². The number of aliphatic hydroxyl groups excluding tert-OH is 1. The van der Waals surface area contributed by atoms with Crippen molar-refractivity contribution in [2.45, 2.75) is 37.1 Å². The number of methoxy groups -OCH3 is 3. The molecule has 0 spiro atoms. The second-order valence-corrected chi connectivity index (χ2v) is 11.0. The van der Waals surface area contributed by atoms with Gasteiger partial charge >= 0.3 is 0 Å². The molecule has 0 unspecified atom stereocenters. The number of H-pyrrole nitrogens is 1. The van der Waals surface area contributed by atoms with Crippen LogP contribution in [0.3, 0.4) is 0 Å². The van der Waals surface area contributed by atoms with Crippen molar-refractivity contribution in [3.8, 4) is 11.5 Å². The van der Waals surface area contributed by atoms with E-state index in [4.69, 9.17) is 23.7 Å². The van der Waals surface area contributed by atoms with Crippen LogP contribution >= 0.6 is 0 Å². The highest BCUT2D eigenvalue weighted by atomic mass is 16.6. The van der Waals surface area contributed by atoms with E-state index in [0.717, 1.165) is 16.7 Å². The molecular weight excluding hydrogens is 606 g/mol. The van der Waals surface area contributed by atoms with Crippen molar-refractivity contribution in [3.63, 3.8) is 0 Å². The van der Waals surface area contributed by atoms with E-state index in [9.17, 15) is 14.7 Å². The summed E-state index contributed by atoms with van der Waals surface area (Å²) in [7, 11) is 4.67. The summed E-state index contributed by atoms with van der Waals surface area (Å²) >= 11 is 0. The molecule has 1 aliphatic rings. The number of aromatic nitrogens is 4. The molecule has 5 aromatic rings. The van der Waals surface area contributed by atoms with Gasteiger partial charge in [0, 0.05) is 14.0 Å². The molecule has 0 bridgehead atoms. The van der Waals surface area contributed by atoms with Gasteiger partial charge in [0.25, 0.3) is 5.56 Å². The van der Waals surface area contributed by atoms with Crippen molar-refractivity contribution in [1.82, 2.24) is 19.5 Å². The van der Waals surface area contributed by atoms with Crippen LogP contribution in [0.5, 0.6) is 11.5 Å². The third-order valence-electron chi connectivity index (χ3n) is 8.22. The van der Waals surface area contributed by atoms with Gasteiger partial charge in [-0.25, -0.2) is 4.98 Å². The fraction of sp³-hybridized carbons (Fsp3) is 0.294. The number of hydrogen-bond donors (Lipinski definition) is 3. The molecule has 1 fully saturated rings. The molecule has 47 heavy (non-hydrogen) atoms. The Hall–Kier alpha value is -5.08. The maximum atomic E-state index is 12.7. The Balaban J connectivity index is 1.39. The number of aliphatic hydroxyl groups is 1. The highest BCUT2D eigenvalue weighted by Crippen LogP contribution is 2.43. The summed E-state index contributed by atoms with van der Waals surface area (Å²) in [5.41, 5.74) is 0.969.